The van der Waals surface area contributed by atoms with Crippen LogP contribution in [-0.2, 0) is 4.79 Å². The molecule has 128 valence electrons. The molecule has 0 radical (unpaired) electrons. The van der Waals surface area contributed by atoms with Gasteiger partial charge in [0, 0.05) is 31.6 Å². The molecule has 2 heterocycles. The van der Waals surface area contributed by atoms with Gasteiger partial charge in [-0.1, -0.05) is 12.8 Å². The van der Waals surface area contributed by atoms with Gasteiger partial charge >= 0.3 is 0 Å². The van der Waals surface area contributed by atoms with Crippen molar-refractivity contribution in [3.05, 3.63) is 22.4 Å². The van der Waals surface area contributed by atoms with E-state index in [0.717, 1.165) is 37.7 Å². The smallest absolute Gasteiger partial charge is 0.254 e. The maximum atomic E-state index is 12.7. The van der Waals surface area contributed by atoms with Gasteiger partial charge in [-0.05, 0) is 30.7 Å². The number of carbonyl (C=O) groups excluding carboxylic acids is 2. The molecule has 1 saturated carbocycles. The van der Waals surface area contributed by atoms with E-state index in [4.69, 9.17) is 5.73 Å². The molecule has 1 saturated heterocycles. The van der Waals surface area contributed by atoms with E-state index in [2.05, 4.69) is 0 Å². The Balaban J connectivity index is 0.00000192. The first-order valence-electron chi connectivity index (χ1n) is 8.00. The van der Waals surface area contributed by atoms with Gasteiger partial charge in [-0.15, -0.1) is 12.4 Å². The minimum absolute atomic E-state index is 0. The monoisotopic (exact) mass is 357 g/mol. The number of amides is 2. The summed E-state index contributed by atoms with van der Waals surface area (Å²) < 4.78 is 0. The van der Waals surface area contributed by atoms with Crippen molar-refractivity contribution < 1.29 is 9.59 Å². The fraction of sp³-hybridized carbons (Fsp3) is 0.625. The SMILES string of the molecule is Cl.NC1(C(=O)N2CCCN(C(=O)c3ccsc3)CC2)CCCC1. The molecule has 2 amide bonds. The highest BCUT2D eigenvalue weighted by molar-refractivity contribution is 7.08. The van der Waals surface area contributed by atoms with E-state index >= 15 is 0 Å². The van der Waals surface area contributed by atoms with Gasteiger partial charge in [0.2, 0.25) is 5.91 Å². The van der Waals surface area contributed by atoms with Gasteiger partial charge in [0.25, 0.3) is 5.91 Å². The lowest BCUT2D eigenvalue weighted by Gasteiger charge is -2.30. The predicted octanol–water partition coefficient (Wildman–Crippen LogP) is 2.12. The number of rotatable bonds is 2. The molecule has 2 aliphatic rings. The summed E-state index contributed by atoms with van der Waals surface area (Å²) in [4.78, 5) is 28.8. The van der Waals surface area contributed by atoms with Gasteiger partial charge < -0.3 is 15.5 Å². The first-order chi connectivity index (χ1) is 10.6. The van der Waals surface area contributed by atoms with Crippen molar-refractivity contribution in [3.63, 3.8) is 0 Å². The standard InChI is InChI=1S/C16H23N3O2S.ClH/c17-16(5-1-2-6-16)15(21)19-8-3-7-18(9-10-19)14(20)13-4-11-22-12-13;/h4,11-12H,1-3,5-10,17H2;1H. The summed E-state index contributed by atoms with van der Waals surface area (Å²) >= 11 is 1.53. The second-order valence-corrected chi connectivity index (χ2v) is 7.09. The Morgan fingerprint density at radius 2 is 1.70 bits per heavy atom. The Morgan fingerprint density at radius 1 is 1.04 bits per heavy atom. The van der Waals surface area contributed by atoms with Crippen molar-refractivity contribution >= 4 is 35.6 Å². The molecule has 5 nitrogen and oxygen atoms in total. The third-order valence-electron chi connectivity index (χ3n) is 4.76. The van der Waals surface area contributed by atoms with Crippen molar-refractivity contribution in [1.29, 1.82) is 0 Å². The zero-order chi connectivity index (χ0) is 15.6. The van der Waals surface area contributed by atoms with Gasteiger partial charge in [0.1, 0.15) is 0 Å². The number of halogens is 1. The molecular formula is C16H24ClN3O2S. The summed E-state index contributed by atoms with van der Waals surface area (Å²) in [5.74, 6) is 0.147. The number of carbonyl (C=O) groups is 2. The lowest BCUT2D eigenvalue weighted by Crippen LogP contribution is -2.54. The van der Waals surface area contributed by atoms with Crippen LogP contribution in [0.1, 0.15) is 42.5 Å². The molecule has 1 aromatic heterocycles. The molecule has 0 unspecified atom stereocenters. The largest absolute Gasteiger partial charge is 0.339 e. The molecule has 7 heteroatoms. The second-order valence-electron chi connectivity index (χ2n) is 6.31. The minimum Gasteiger partial charge on any atom is -0.339 e. The number of hydrogen-bond donors (Lipinski definition) is 1. The molecule has 0 aromatic carbocycles. The molecule has 1 aliphatic heterocycles. The third kappa shape index (κ3) is 3.87. The highest BCUT2D eigenvalue weighted by Crippen LogP contribution is 2.29. The Kier molecular flexibility index (Phi) is 6.06. The molecule has 1 aromatic rings. The first-order valence-corrected chi connectivity index (χ1v) is 8.94. The van der Waals surface area contributed by atoms with Crippen molar-refractivity contribution in [2.24, 2.45) is 5.73 Å². The van der Waals surface area contributed by atoms with Crippen molar-refractivity contribution in [3.8, 4) is 0 Å². The molecule has 0 atom stereocenters. The van der Waals surface area contributed by atoms with Crippen LogP contribution in [0.5, 0.6) is 0 Å². The Hall–Kier alpha value is -1.11. The number of nitrogens with two attached hydrogens (primary N) is 1. The van der Waals surface area contributed by atoms with Crippen molar-refractivity contribution in [1.82, 2.24) is 9.80 Å². The highest BCUT2D eigenvalue weighted by atomic mass is 35.5. The molecule has 0 bridgehead atoms. The molecule has 2 fully saturated rings. The average Bonchev–Trinajstić information content (AvgIpc) is 3.14. The molecule has 1 aliphatic carbocycles. The lowest BCUT2D eigenvalue weighted by atomic mass is 9.97. The number of nitrogens with zero attached hydrogens (tertiary/aromatic N) is 2. The Morgan fingerprint density at radius 3 is 2.35 bits per heavy atom. The molecule has 3 rings (SSSR count). The van der Waals surface area contributed by atoms with Gasteiger partial charge in [0.05, 0.1) is 11.1 Å². The molecule has 2 N–H and O–H groups in total. The summed E-state index contributed by atoms with van der Waals surface area (Å²) in [6.45, 7) is 2.59. The predicted molar refractivity (Wildman–Crippen MR) is 94.1 cm³/mol. The summed E-state index contributed by atoms with van der Waals surface area (Å²) in [5.41, 5.74) is 6.37. The van der Waals surface area contributed by atoms with E-state index < -0.39 is 5.54 Å². The van der Waals surface area contributed by atoms with Crippen LogP contribution in [-0.4, -0.2) is 53.3 Å². The summed E-state index contributed by atoms with van der Waals surface area (Å²) in [7, 11) is 0. The zero-order valence-electron chi connectivity index (χ0n) is 13.2. The van der Waals surface area contributed by atoms with Crippen LogP contribution in [0, 0.1) is 0 Å². The Bertz CT molecular complexity index is 544. The van der Waals surface area contributed by atoms with E-state index in [1.165, 1.54) is 11.3 Å². The number of thiophene rings is 1. The molecular weight excluding hydrogens is 334 g/mol. The summed E-state index contributed by atoms with van der Waals surface area (Å²) in [6, 6.07) is 1.86. The number of hydrogen-bond acceptors (Lipinski definition) is 4. The Labute approximate surface area is 147 Å². The van der Waals surface area contributed by atoms with Crippen LogP contribution < -0.4 is 5.73 Å². The van der Waals surface area contributed by atoms with E-state index in [9.17, 15) is 9.59 Å². The van der Waals surface area contributed by atoms with E-state index in [-0.39, 0.29) is 24.2 Å². The van der Waals surface area contributed by atoms with Crippen LogP contribution in [0.25, 0.3) is 0 Å². The third-order valence-corrected chi connectivity index (χ3v) is 5.44. The zero-order valence-corrected chi connectivity index (χ0v) is 14.8. The topological polar surface area (TPSA) is 66.6 Å². The highest BCUT2D eigenvalue weighted by Gasteiger charge is 2.40. The average molecular weight is 358 g/mol. The van der Waals surface area contributed by atoms with Crippen molar-refractivity contribution in [2.75, 3.05) is 26.2 Å². The van der Waals surface area contributed by atoms with E-state index in [1.807, 2.05) is 26.6 Å². The van der Waals surface area contributed by atoms with Crippen LogP contribution >= 0.6 is 23.7 Å². The maximum absolute atomic E-state index is 12.7. The van der Waals surface area contributed by atoms with Crippen LogP contribution in [0.15, 0.2) is 16.8 Å². The van der Waals surface area contributed by atoms with E-state index in [1.54, 1.807) is 0 Å². The first kappa shape index (κ1) is 18.2. The lowest BCUT2D eigenvalue weighted by molar-refractivity contribution is -0.136. The molecule has 23 heavy (non-hydrogen) atoms. The summed E-state index contributed by atoms with van der Waals surface area (Å²) in [6.07, 6.45) is 4.48. The fourth-order valence-corrected chi connectivity index (χ4v) is 4.06. The van der Waals surface area contributed by atoms with E-state index in [0.29, 0.717) is 26.2 Å². The summed E-state index contributed by atoms with van der Waals surface area (Å²) in [5, 5.41) is 3.79. The van der Waals surface area contributed by atoms with Gasteiger partial charge in [-0.2, -0.15) is 11.3 Å². The quantitative estimate of drug-likeness (QED) is 0.881. The normalized spacial score (nSPS) is 20.7. The van der Waals surface area contributed by atoms with Crippen LogP contribution in [0.3, 0.4) is 0 Å². The minimum atomic E-state index is -0.660. The maximum Gasteiger partial charge on any atom is 0.254 e. The van der Waals surface area contributed by atoms with Crippen LogP contribution in [0.4, 0.5) is 0 Å². The fourth-order valence-electron chi connectivity index (χ4n) is 3.43. The second kappa shape index (κ2) is 7.64. The molecule has 0 spiro atoms. The van der Waals surface area contributed by atoms with Gasteiger partial charge in [-0.25, -0.2) is 0 Å². The van der Waals surface area contributed by atoms with Gasteiger partial charge in [0.15, 0.2) is 0 Å². The van der Waals surface area contributed by atoms with Crippen LogP contribution in [0.2, 0.25) is 0 Å². The van der Waals surface area contributed by atoms with Crippen molar-refractivity contribution in [2.45, 2.75) is 37.6 Å². The van der Waals surface area contributed by atoms with Gasteiger partial charge in [-0.3, -0.25) is 9.59 Å².